The largest absolute Gasteiger partial charge is 0.309 e. The zero-order chi connectivity index (χ0) is 13.0. The molecule has 0 radical (unpaired) electrons. The second kappa shape index (κ2) is 6.85. The molecule has 0 aliphatic rings. The predicted octanol–water partition coefficient (Wildman–Crippen LogP) is 5.16. The first kappa shape index (κ1) is 14.3. The average Bonchev–Trinajstić information content (AvgIpc) is 2.96. The van der Waals surface area contributed by atoms with Crippen LogP contribution >= 0.6 is 38.6 Å². The molecule has 0 amide bonds. The van der Waals surface area contributed by atoms with Gasteiger partial charge in [0.25, 0.3) is 0 Å². The molecule has 2 aromatic rings. The number of hydrogen-bond acceptors (Lipinski definition) is 3. The zero-order valence-electron chi connectivity index (χ0n) is 10.7. The standard InChI is InChI=1S/C14H18BrNS2/c1-3-5-16-12(8-11-4-6-17-9-11)13-7-10(2)14(15)18-13/h4,6-7,9,12,16H,3,5,8H2,1-2H3. The third-order valence-corrected chi connectivity index (χ3v) is 5.86. The minimum absolute atomic E-state index is 0.439. The molecule has 0 bridgehead atoms. The molecule has 0 aromatic carbocycles. The van der Waals surface area contributed by atoms with Crippen molar-refractivity contribution in [3.8, 4) is 0 Å². The number of thiophene rings is 2. The Balaban J connectivity index is 2.13. The summed E-state index contributed by atoms with van der Waals surface area (Å²) in [6.45, 7) is 5.44. The zero-order valence-corrected chi connectivity index (χ0v) is 13.9. The van der Waals surface area contributed by atoms with E-state index in [1.54, 1.807) is 11.3 Å². The van der Waals surface area contributed by atoms with Crippen molar-refractivity contribution in [2.45, 2.75) is 32.7 Å². The first-order valence-corrected chi connectivity index (χ1v) is 8.76. The molecule has 18 heavy (non-hydrogen) atoms. The Bertz CT molecular complexity index is 456. The Kier molecular flexibility index (Phi) is 5.42. The van der Waals surface area contributed by atoms with Gasteiger partial charge in [-0.2, -0.15) is 11.3 Å². The summed E-state index contributed by atoms with van der Waals surface area (Å²) in [5.74, 6) is 0. The highest BCUT2D eigenvalue weighted by Crippen LogP contribution is 2.33. The highest BCUT2D eigenvalue weighted by molar-refractivity contribution is 9.11. The van der Waals surface area contributed by atoms with E-state index in [9.17, 15) is 0 Å². The van der Waals surface area contributed by atoms with Crippen LogP contribution in [0.1, 0.15) is 35.4 Å². The van der Waals surface area contributed by atoms with E-state index in [1.807, 2.05) is 11.3 Å². The topological polar surface area (TPSA) is 12.0 Å². The molecule has 0 saturated heterocycles. The molecule has 0 fully saturated rings. The van der Waals surface area contributed by atoms with Crippen molar-refractivity contribution in [1.82, 2.24) is 5.32 Å². The van der Waals surface area contributed by atoms with Crippen LogP contribution in [0.25, 0.3) is 0 Å². The summed E-state index contributed by atoms with van der Waals surface area (Å²) in [6, 6.07) is 4.96. The van der Waals surface area contributed by atoms with Gasteiger partial charge in [0.2, 0.25) is 0 Å². The van der Waals surface area contributed by atoms with E-state index in [0.717, 1.165) is 13.0 Å². The van der Waals surface area contributed by atoms with Crippen LogP contribution in [0.5, 0.6) is 0 Å². The molecular formula is C14H18BrNS2. The maximum Gasteiger partial charge on any atom is 0.0731 e. The minimum atomic E-state index is 0.439. The van der Waals surface area contributed by atoms with E-state index < -0.39 is 0 Å². The van der Waals surface area contributed by atoms with Gasteiger partial charge in [0.05, 0.1) is 3.79 Å². The molecule has 1 unspecified atom stereocenters. The summed E-state index contributed by atoms with van der Waals surface area (Å²) in [7, 11) is 0. The summed E-state index contributed by atoms with van der Waals surface area (Å²) in [5, 5.41) is 8.06. The Morgan fingerprint density at radius 3 is 2.83 bits per heavy atom. The Morgan fingerprint density at radius 1 is 1.44 bits per heavy atom. The van der Waals surface area contributed by atoms with E-state index >= 15 is 0 Å². The fraction of sp³-hybridized carbons (Fsp3) is 0.429. The van der Waals surface area contributed by atoms with Gasteiger partial charge in [0.15, 0.2) is 0 Å². The molecule has 0 spiro atoms. The van der Waals surface area contributed by atoms with Crippen molar-refractivity contribution < 1.29 is 0 Å². The Labute approximate surface area is 125 Å². The lowest BCUT2D eigenvalue weighted by molar-refractivity contribution is 0.537. The lowest BCUT2D eigenvalue weighted by Crippen LogP contribution is -2.23. The average molecular weight is 344 g/mol. The normalized spacial score (nSPS) is 12.8. The highest BCUT2D eigenvalue weighted by atomic mass is 79.9. The molecule has 1 nitrogen and oxygen atoms in total. The molecule has 0 aliphatic heterocycles. The fourth-order valence-corrected chi connectivity index (χ4v) is 4.22. The van der Waals surface area contributed by atoms with Crippen molar-refractivity contribution >= 4 is 38.6 Å². The van der Waals surface area contributed by atoms with Gasteiger partial charge in [-0.15, -0.1) is 11.3 Å². The van der Waals surface area contributed by atoms with Crippen LogP contribution in [-0.4, -0.2) is 6.54 Å². The van der Waals surface area contributed by atoms with Gasteiger partial charge in [0.1, 0.15) is 0 Å². The van der Waals surface area contributed by atoms with Crippen molar-refractivity contribution in [2.75, 3.05) is 6.54 Å². The maximum absolute atomic E-state index is 3.66. The summed E-state index contributed by atoms with van der Waals surface area (Å²) >= 11 is 7.25. The molecule has 0 aliphatic carbocycles. The van der Waals surface area contributed by atoms with Crippen LogP contribution in [0.4, 0.5) is 0 Å². The second-order valence-corrected chi connectivity index (χ2v) is 7.63. The summed E-state index contributed by atoms with van der Waals surface area (Å²) in [5.41, 5.74) is 2.76. The van der Waals surface area contributed by atoms with E-state index in [1.165, 1.54) is 26.2 Å². The van der Waals surface area contributed by atoms with E-state index in [2.05, 4.69) is 58.0 Å². The third-order valence-electron chi connectivity index (χ3n) is 2.88. The first-order valence-electron chi connectivity index (χ1n) is 6.21. The van der Waals surface area contributed by atoms with Crippen LogP contribution < -0.4 is 5.32 Å². The van der Waals surface area contributed by atoms with Crippen molar-refractivity contribution in [2.24, 2.45) is 0 Å². The van der Waals surface area contributed by atoms with Crippen LogP contribution in [0.3, 0.4) is 0 Å². The van der Waals surface area contributed by atoms with Gasteiger partial charge >= 0.3 is 0 Å². The lowest BCUT2D eigenvalue weighted by Gasteiger charge is -2.16. The molecule has 2 aromatic heterocycles. The quantitative estimate of drug-likeness (QED) is 0.763. The van der Waals surface area contributed by atoms with Gasteiger partial charge < -0.3 is 5.32 Å². The summed E-state index contributed by atoms with van der Waals surface area (Å²) in [4.78, 5) is 1.43. The fourth-order valence-electron chi connectivity index (χ4n) is 1.89. The monoisotopic (exact) mass is 343 g/mol. The first-order chi connectivity index (χ1) is 8.70. The van der Waals surface area contributed by atoms with Crippen molar-refractivity contribution in [3.63, 3.8) is 0 Å². The van der Waals surface area contributed by atoms with E-state index in [4.69, 9.17) is 0 Å². The lowest BCUT2D eigenvalue weighted by atomic mass is 10.1. The molecule has 1 atom stereocenters. The second-order valence-electron chi connectivity index (χ2n) is 4.45. The molecule has 4 heteroatoms. The van der Waals surface area contributed by atoms with Crippen LogP contribution in [-0.2, 0) is 6.42 Å². The molecule has 0 saturated carbocycles. The number of halogens is 1. The number of nitrogens with one attached hydrogen (secondary N) is 1. The smallest absolute Gasteiger partial charge is 0.0731 e. The van der Waals surface area contributed by atoms with E-state index in [-0.39, 0.29) is 0 Å². The molecule has 2 rings (SSSR count). The third kappa shape index (κ3) is 3.67. The Hall–Kier alpha value is -0.160. The van der Waals surface area contributed by atoms with Gasteiger partial charge in [0, 0.05) is 10.9 Å². The highest BCUT2D eigenvalue weighted by Gasteiger charge is 2.15. The SMILES string of the molecule is CCCNC(Cc1ccsc1)c1cc(C)c(Br)s1. The van der Waals surface area contributed by atoms with Gasteiger partial charge in [-0.3, -0.25) is 0 Å². The molecular weight excluding hydrogens is 326 g/mol. The van der Waals surface area contributed by atoms with Gasteiger partial charge in [-0.25, -0.2) is 0 Å². The van der Waals surface area contributed by atoms with Crippen LogP contribution in [0, 0.1) is 6.92 Å². The molecule has 2 heterocycles. The van der Waals surface area contributed by atoms with Crippen molar-refractivity contribution in [1.29, 1.82) is 0 Å². The van der Waals surface area contributed by atoms with Gasteiger partial charge in [-0.1, -0.05) is 6.92 Å². The molecule has 98 valence electrons. The number of rotatable bonds is 6. The predicted molar refractivity (Wildman–Crippen MR) is 85.8 cm³/mol. The van der Waals surface area contributed by atoms with Crippen LogP contribution in [0.15, 0.2) is 26.7 Å². The molecule has 1 N–H and O–H groups in total. The Morgan fingerprint density at radius 2 is 2.28 bits per heavy atom. The van der Waals surface area contributed by atoms with Crippen molar-refractivity contribution in [3.05, 3.63) is 42.7 Å². The number of hydrogen-bond donors (Lipinski definition) is 1. The minimum Gasteiger partial charge on any atom is -0.309 e. The maximum atomic E-state index is 3.66. The van der Waals surface area contributed by atoms with Crippen LogP contribution in [0.2, 0.25) is 0 Å². The van der Waals surface area contributed by atoms with Gasteiger partial charge in [-0.05, 0) is 76.3 Å². The summed E-state index contributed by atoms with van der Waals surface area (Å²) < 4.78 is 1.26. The van der Waals surface area contributed by atoms with E-state index in [0.29, 0.717) is 6.04 Å². The number of aryl methyl sites for hydroxylation is 1. The summed E-state index contributed by atoms with van der Waals surface area (Å²) in [6.07, 6.45) is 2.25.